The van der Waals surface area contributed by atoms with E-state index in [2.05, 4.69) is 10.2 Å². The fourth-order valence-corrected chi connectivity index (χ4v) is 3.04. The van der Waals surface area contributed by atoms with E-state index in [1.54, 1.807) is 0 Å². The zero-order valence-electron chi connectivity index (χ0n) is 14.4. The minimum atomic E-state index is -1.76. The number of hydrogen-bond donors (Lipinski definition) is 8. The second-order valence-electron chi connectivity index (χ2n) is 6.38. The molecule has 0 aromatic rings. The highest BCUT2D eigenvalue weighted by Gasteiger charge is 2.50. The van der Waals surface area contributed by atoms with Crippen LogP contribution >= 0.6 is 0 Å². The van der Waals surface area contributed by atoms with Crippen molar-refractivity contribution in [1.82, 2.24) is 5.32 Å². The third-order valence-electron chi connectivity index (χ3n) is 4.44. The molecule has 13 heteroatoms. The van der Waals surface area contributed by atoms with Crippen LogP contribution in [0.5, 0.6) is 0 Å². The molecule has 1 amide bonds. The van der Waals surface area contributed by atoms with Gasteiger partial charge in [0.25, 0.3) is 0 Å². The molecule has 10 atom stereocenters. The first-order chi connectivity index (χ1) is 12.7. The fourth-order valence-electron chi connectivity index (χ4n) is 3.04. The average Bonchev–Trinajstić information content (AvgIpc) is 2.62. The largest absolute Gasteiger partial charge is 0.394 e. The third-order valence-corrected chi connectivity index (χ3v) is 4.44. The van der Waals surface area contributed by atoms with Crippen LogP contribution in [0.3, 0.4) is 0 Å². The molecule has 0 bridgehead atoms. The van der Waals surface area contributed by atoms with Crippen molar-refractivity contribution in [2.75, 3.05) is 13.2 Å². The molecular formula is C14H25NO12. The smallest absolute Gasteiger partial charge is 0.217 e. The number of carbonyl (C=O) groups is 1. The summed E-state index contributed by atoms with van der Waals surface area (Å²) in [6, 6.07) is -1.30. The van der Waals surface area contributed by atoms with Gasteiger partial charge in [0.1, 0.15) is 55.4 Å². The molecule has 4 unspecified atom stereocenters. The Morgan fingerprint density at radius 3 is 2.22 bits per heavy atom. The number of rotatable bonds is 6. The maximum Gasteiger partial charge on any atom is 0.217 e. The Morgan fingerprint density at radius 2 is 1.67 bits per heavy atom. The van der Waals surface area contributed by atoms with Gasteiger partial charge >= 0.3 is 0 Å². The number of carbonyl (C=O) groups excluding carboxylic acids is 1. The summed E-state index contributed by atoms with van der Waals surface area (Å²) >= 11 is 0. The summed E-state index contributed by atoms with van der Waals surface area (Å²) in [6.07, 6.45) is -13.8. The van der Waals surface area contributed by atoms with Gasteiger partial charge in [-0.3, -0.25) is 10.1 Å². The maximum absolute atomic E-state index is 11.3. The van der Waals surface area contributed by atoms with E-state index < -0.39 is 80.5 Å². The first-order valence-electron chi connectivity index (χ1n) is 8.22. The lowest BCUT2D eigenvalue weighted by molar-refractivity contribution is -0.359. The predicted molar refractivity (Wildman–Crippen MR) is 81.7 cm³/mol. The van der Waals surface area contributed by atoms with Crippen LogP contribution in [0.1, 0.15) is 6.92 Å². The molecule has 0 aromatic heterocycles. The van der Waals surface area contributed by atoms with Crippen LogP contribution in [0.25, 0.3) is 0 Å². The van der Waals surface area contributed by atoms with E-state index in [0.29, 0.717) is 0 Å². The molecule has 0 saturated carbocycles. The van der Waals surface area contributed by atoms with E-state index in [1.165, 1.54) is 0 Å². The molecule has 0 aromatic carbocycles. The van der Waals surface area contributed by atoms with E-state index in [4.69, 9.17) is 19.5 Å². The monoisotopic (exact) mass is 399 g/mol. The van der Waals surface area contributed by atoms with Gasteiger partial charge in [-0.1, -0.05) is 0 Å². The molecule has 27 heavy (non-hydrogen) atoms. The molecule has 2 aliphatic heterocycles. The zero-order valence-corrected chi connectivity index (χ0v) is 14.4. The lowest BCUT2D eigenvalue weighted by atomic mass is 9.95. The van der Waals surface area contributed by atoms with E-state index in [1.807, 2.05) is 0 Å². The van der Waals surface area contributed by atoms with Crippen molar-refractivity contribution in [3.8, 4) is 0 Å². The molecule has 0 radical (unpaired) electrons. The van der Waals surface area contributed by atoms with Gasteiger partial charge in [-0.05, 0) is 0 Å². The molecule has 2 rings (SSSR count). The van der Waals surface area contributed by atoms with Crippen molar-refractivity contribution in [3.05, 3.63) is 0 Å². The van der Waals surface area contributed by atoms with Crippen LogP contribution < -0.4 is 5.32 Å². The van der Waals surface area contributed by atoms with Gasteiger partial charge in [0.05, 0.1) is 6.61 Å². The van der Waals surface area contributed by atoms with Crippen molar-refractivity contribution >= 4 is 5.91 Å². The highest BCUT2D eigenvalue weighted by atomic mass is 17.1. The lowest BCUT2D eigenvalue weighted by Gasteiger charge is -2.46. The van der Waals surface area contributed by atoms with Crippen LogP contribution in [0.2, 0.25) is 0 Å². The van der Waals surface area contributed by atoms with Gasteiger partial charge < -0.3 is 50.2 Å². The van der Waals surface area contributed by atoms with E-state index >= 15 is 0 Å². The average molecular weight is 399 g/mol. The van der Waals surface area contributed by atoms with Crippen LogP contribution in [0.15, 0.2) is 0 Å². The molecule has 0 aliphatic carbocycles. The minimum Gasteiger partial charge on any atom is -0.394 e. The molecule has 2 saturated heterocycles. The maximum atomic E-state index is 11.3. The van der Waals surface area contributed by atoms with Crippen LogP contribution in [0, 0.1) is 0 Å². The number of nitrogens with one attached hydrogen (secondary N) is 1. The normalized spacial score (nSPS) is 45.5. The summed E-state index contributed by atoms with van der Waals surface area (Å²) in [7, 11) is 0. The standard InChI is InChI=1S/C14H25NO12/c1-4(17)15-7-9(19)12(5(2-16)25-13(7)22)27-14-11(21)10(20)8(18)6(26-14)3-24-23/h5-14,16,18-23H,2-3H2,1H3,(H,15,17)/t5?,6?,7?,8-,9-,10+,11?,12-,13-,14+/m1/s1. The van der Waals surface area contributed by atoms with Crippen LogP contribution in [-0.2, 0) is 23.9 Å². The number of aliphatic hydroxyl groups excluding tert-OH is 6. The predicted octanol–water partition coefficient (Wildman–Crippen LogP) is -4.76. The number of hydrogen-bond acceptors (Lipinski definition) is 12. The fraction of sp³-hybridized carbons (Fsp3) is 0.929. The third kappa shape index (κ3) is 4.90. The van der Waals surface area contributed by atoms with Crippen molar-refractivity contribution in [1.29, 1.82) is 0 Å². The highest BCUT2D eigenvalue weighted by molar-refractivity contribution is 5.73. The topological polar surface area (TPSA) is 208 Å². The first kappa shape index (κ1) is 22.3. The minimum absolute atomic E-state index is 0.550. The van der Waals surface area contributed by atoms with Crippen molar-refractivity contribution in [2.24, 2.45) is 0 Å². The summed E-state index contributed by atoms with van der Waals surface area (Å²) in [5, 5.41) is 70.4. The molecule has 2 fully saturated rings. The van der Waals surface area contributed by atoms with Crippen LogP contribution in [-0.4, -0.2) is 116 Å². The Morgan fingerprint density at radius 1 is 1.00 bits per heavy atom. The van der Waals surface area contributed by atoms with Gasteiger partial charge in [-0.2, -0.15) is 0 Å². The van der Waals surface area contributed by atoms with Gasteiger partial charge in [0, 0.05) is 6.92 Å². The summed E-state index contributed by atoms with van der Waals surface area (Å²) in [5.41, 5.74) is 0. The second-order valence-corrected chi connectivity index (χ2v) is 6.38. The number of aliphatic hydroxyl groups is 6. The molecule has 13 nitrogen and oxygen atoms in total. The van der Waals surface area contributed by atoms with Crippen molar-refractivity contribution < 1.29 is 59.8 Å². The summed E-state index contributed by atoms with van der Waals surface area (Å²) in [6.45, 7) is -0.0907. The van der Waals surface area contributed by atoms with E-state index in [9.17, 15) is 35.4 Å². The van der Waals surface area contributed by atoms with E-state index in [-0.39, 0.29) is 0 Å². The van der Waals surface area contributed by atoms with Crippen molar-refractivity contribution in [3.63, 3.8) is 0 Å². The van der Waals surface area contributed by atoms with Gasteiger partial charge in [-0.25, -0.2) is 4.89 Å². The molecule has 158 valence electrons. The summed E-state index contributed by atoms with van der Waals surface area (Å²) in [4.78, 5) is 15.1. The Kier molecular flexibility index (Phi) is 7.84. The number of amides is 1. The quantitative estimate of drug-likeness (QED) is 0.156. The molecule has 8 N–H and O–H groups in total. The molecular weight excluding hydrogens is 374 g/mol. The number of ether oxygens (including phenoxy) is 3. The second kappa shape index (κ2) is 9.49. The van der Waals surface area contributed by atoms with Gasteiger partial charge in [-0.15, -0.1) is 0 Å². The lowest BCUT2D eigenvalue weighted by Crippen LogP contribution is -2.67. The Bertz CT molecular complexity index is 495. The Balaban J connectivity index is 2.16. The van der Waals surface area contributed by atoms with Crippen molar-refractivity contribution in [2.45, 2.75) is 68.3 Å². The molecule has 2 heterocycles. The van der Waals surface area contributed by atoms with Gasteiger partial charge in [0.2, 0.25) is 5.91 Å². The molecule has 0 spiro atoms. The Hall–Kier alpha value is -0.970. The Labute approximate surface area is 153 Å². The summed E-state index contributed by atoms with van der Waals surface area (Å²) in [5.74, 6) is -0.574. The van der Waals surface area contributed by atoms with Crippen LogP contribution in [0.4, 0.5) is 0 Å². The van der Waals surface area contributed by atoms with E-state index in [0.717, 1.165) is 6.92 Å². The zero-order chi connectivity index (χ0) is 20.3. The summed E-state index contributed by atoms with van der Waals surface area (Å²) < 4.78 is 15.8. The highest BCUT2D eigenvalue weighted by Crippen LogP contribution is 2.28. The van der Waals surface area contributed by atoms with Gasteiger partial charge in [0.15, 0.2) is 12.6 Å². The first-order valence-corrected chi connectivity index (χ1v) is 8.22. The SMILES string of the molecule is CC(=O)NC1[C@H](O)OC(CO)[C@@H](O[C@@H]2OC(COO)[C@@H](O)[C@H](O)C2O)[C@@H]1O. The molecule has 2 aliphatic rings.